The van der Waals surface area contributed by atoms with Gasteiger partial charge in [-0.05, 0) is 43.5 Å². The van der Waals surface area contributed by atoms with E-state index in [9.17, 15) is 19.2 Å². The Balaban J connectivity index is 1.74. The number of fused-ring (bicyclic) bond motifs is 1. The van der Waals surface area contributed by atoms with Gasteiger partial charge in [0.1, 0.15) is 6.04 Å². The zero-order chi connectivity index (χ0) is 25.0. The predicted octanol–water partition coefficient (Wildman–Crippen LogP) is 3.28. The Morgan fingerprint density at radius 3 is 2.03 bits per heavy atom. The first kappa shape index (κ1) is 24.8. The van der Waals surface area contributed by atoms with Crippen molar-refractivity contribution in [1.29, 1.82) is 0 Å². The average Bonchev–Trinajstić information content (AvgIpc) is 3.07. The fourth-order valence-corrected chi connectivity index (χ4v) is 3.71. The molecule has 0 aromatic heterocycles. The molecule has 1 heterocycles. The number of anilines is 1. The smallest absolute Gasteiger partial charge is 0.330 e. The Bertz CT molecular complexity index is 1080. The third-order valence-corrected chi connectivity index (χ3v) is 5.42. The minimum Gasteiger partial charge on any atom is -0.493 e. The maximum absolute atomic E-state index is 13.1. The quantitative estimate of drug-likeness (QED) is 0.444. The molecule has 2 aromatic rings. The number of hydrogen-bond donors (Lipinski definition) is 1. The van der Waals surface area contributed by atoms with Crippen LogP contribution < -0.4 is 14.8 Å². The summed E-state index contributed by atoms with van der Waals surface area (Å²) in [5.41, 5.74) is 0.909. The third kappa shape index (κ3) is 5.03. The summed E-state index contributed by atoms with van der Waals surface area (Å²) in [4.78, 5) is 52.5. The first-order valence-electron chi connectivity index (χ1n) is 10.9. The van der Waals surface area contributed by atoms with Crippen molar-refractivity contribution in [3.05, 3.63) is 53.6 Å². The second kappa shape index (κ2) is 10.4. The normalized spacial score (nSPS) is 14.5. The SMILES string of the molecule is COc1ccc(NC(=O)[C@@H](C)OC(=O)[C@H](CC(C)C)N2C(=O)c3ccccc3C2=O)cc1OC. The van der Waals surface area contributed by atoms with Crippen molar-refractivity contribution in [3.8, 4) is 11.5 Å². The lowest BCUT2D eigenvalue weighted by Gasteiger charge is -2.27. The monoisotopic (exact) mass is 468 g/mol. The summed E-state index contributed by atoms with van der Waals surface area (Å²) in [6.45, 7) is 5.15. The number of carbonyl (C=O) groups is 4. The van der Waals surface area contributed by atoms with Gasteiger partial charge in [-0.3, -0.25) is 19.3 Å². The van der Waals surface area contributed by atoms with Crippen LogP contribution in [0.3, 0.4) is 0 Å². The van der Waals surface area contributed by atoms with Gasteiger partial charge in [-0.2, -0.15) is 0 Å². The van der Waals surface area contributed by atoms with E-state index in [4.69, 9.17) is 14.2 Å². The van der Waals surface area contributed by atoms with Gasteiger partial charge in [-0.25, -0.2) is 4.79 Å². The molecule has 0 bridgehead atoms. The first-order chi connectivity index (χ1) is 16.2. The summed E-state index contributed by atoms with van der Waals surface area (Å²) in [7, 11) is 2.97. The summed E-state index contributed by atoms with van der Waals surface area (Å²) in [5.74, 6) is -1.59. The molecule has 180 valence electrons. The van der Waals surface area contributed by atoms with Crippen molar-refractivity contribution in [3.63, 3.8) is 0 Å². The summed E-state index contributed by atoms with van der Waals surface area (Å²) in [6, 6.07) is 10.1. The number of esters is 1. The Morgan fingerprint density at radius 2 is 1.50 bits per heavy atom. The molecule has 34 heavy (non-hydrogen) atoms. The highest BCUT2D eigenvalue weighted by molar-refractivity contribution is 6.22. The van der Waals surface area contributed by atoms with Gasteiger partial charge in [0.2, 0.25) is 0 Å². The van der Waals surface area contributed by atoms with Crippen LogP contribution in [0.2, 0.25) is 0 Å². The van der Waals surface area contributed by atoms with Crippen LogP contribution in [0.1, 0.15) is 47.9 Å². The van der Waals surface area contributed by atoms with Crippen molar-refractivity contribution < 1.29 is 33.4 Å². The number of ether oxygens (including phenoxy) is 3. The molecule has 1 aliphatic rings. The fraction of sp³-hybridized carbons (Fsp3) is 0.360. The lowest BCUT2D eigenvalue weighted by Crippen LogP contribution is -2.48. The molecule has 0 fully saturated rings. The van der Waals surface area contributed by atoms with Crippen LogP contribution in [-0.2, 0) is 14.3 Å². The lowest BCUT2D eigenvalue weighted by atomic mass is 10.0. The van der Waals surface area contributed by atoms with E-state index in [0.717, 1.165) is 4.90 Å². The first-order valence-corrected chi connectivity index (χ1v) is 10.9. The molecule has 3 rings (SSSR count). The van der Waals surface area contributed by atoms with Crippen LogP contribution in [0.5, 0.6) is 11.5 Å². The minimum absolute atomic E-state index is 0.0160. The van der Waals surface area contributed by atoms with Crippen LogP contribution in [0.25, 0.3) is 0 Å². The van der Waals surface area contributed by atoms with Crippen molar-refractivity contribution in [2.45, 2.75) is 39.3 Å². The molecule has 0 aliphatic carbocycles. The van der Waals surface area contributed by atoms with Gasteiger partial charge < -0.3 is 19.5 Å². The summed E-state index contributed by atoms with van der Waals surface area (Å²) in [6.07, 6.45) is -0.973. The zero-order valence-corrected chi connectivity index (χ0v) is 19.8. The number of nitrogens with one attached hydrogen (secondary N) is 1. The van der Waals surface area contributed by atoms with Gasteiger partial charge in [0.15, 0.2) is 17.6 Å². The van der Waals surface area contributed by atoms with Crippen molar-refractivity contribution >= 4 is 29.4 Å². The number of amides is 3. The number of carbonyl (C=O) groups excluding carboxylic acids is 4. The number of hydrogen-bond acceptors (Lipinski definition) is 7. The second-order valence-corrected chi connectivity index (χ2v) is 8.31. The minimum atomic E-state index is -1.18. The Labute approximate surface area is 198 Å². The maximum Gasteiger partial charge on any atom is 0.330 e. The highest BCUT2D eigenvalue weighted by atomic mass is 16.5. The van der Waals surface area contributed by atoms with Gasteiger partial charge in [0.25, 0.3) is 17.7 Å². The summed E-state index contributed by atoms with van der Waals surface area (Å²) >= 11 is 0. The van der Waals surface area contributed by atoms with Crippen molar-refractivity contribution in [1.82, 2.24) is 4.90 Å². The van der Waals surface area contributed by atoms with E-state index in [1.54, 1.807) is 42.5 Å². The molecular formula is C25H28N2O7. The molecule has 0 radical (unpaired) electrons. The molecule has 2 atom stereocenters. The fourth-order valence-electron chi connectivity index (χ4n) is 3.71. The number of benzene rings is 2. The van der Waals surface area contributed by atoms with Crippen LogP contribution in [-0.4, -0.2) is 55.0 Å². The largest absolute Gasteiger partial charge is 0.493 e. The van der Waals surface area contributed by atoms with Gasteiger partial charge in [0, 0.05) is 11.8 Å². The van der Waals surface area contributed by atoms with Gasteiger partial charge in [-0.1, -0.05) is 26.0 Å². The second-order valence-electron chi connectivity index (χ2n) is 8.31. The Hall–Kier alpha value is -3.88. The lowest BCUT2D eigenvalue weighted by molar-refractivity contribution is -0.157. The molecule has 9 heteroatoms. The number of imide groups is 1. The van der Waals surface area contributed by atoms with Crippen molar-refractivity contribution in [2.75, 3.05) is 19.5 Å². The van der Waals surface area contributed by atoms with E-state index in [-0.39, 0.29) is 23.5 Å². The number of rotatable bonds is 9. The van der Waals surface area contributed by atoms with Crippen LogP contribution in [0, 0.1) is 5.92 Å². The molecule has 1 N–H and O–H groups in total. The van der Waals surface area contributed by atoms with Crippen LogP contribution in [0.4, 0.5) is 5.69 Å². The van der Waals surface area contributed by atoms with E-state index >= 15 is 0 Å². The highest BCUT2D eigenvalue weighted by Crippen LogP contribution is 2.30. The van der Waals surface area contributed by atoms with E-state index in [1.807, 2.05) is 13.8 Å². The molecule has 0 saturated heterocycles. The molecule has 2 aromatic carbocycles. The third-order valence-electron chi connectivity index (χ3n) is 5.42. The van der Waals surface area contributed by atoms with E-state index in [0.29, 0.717) is 17.2 Å². The molecular weight excluding hydrogens is 440 g/mol. The highest BCUT2D eigenvalue weighted by Gasteiger charge is 2.44. The average molecular weight is 469 g/mol. The molecule has 0 unspecified atom stereocenters. The molecule has 9 nitrogen and oxygen atoms in total. The molecule has 0 spiro atoms. The Morgan fingerprint density at radius 1 is 0.912 bits per heavy atom. The standard InChI is InChI=1S/C25H28N2O7/c1-14(2)12-19(27-23(29)17-8-6-7-9-18(17)24(27)30)25(31)34-15(3)22(28)26-16-10-11-20(32-4)21(13-16)33-5/h6-11,13-15,19H,12H2,1-5H3,(H,26,28)/t15-,19+/m1/s1. The molecule has 3 amide bonds. The predicted molar refractivity (Wildman–Crippen MR) is 124 cm³/mol. The van der Waals surface area contributed by atoms with Gasteiger partial charge in [0.05, 0.1) is 25.3 Å². The van der Waals surface area contributed by atoms with E-state index in [1.165, 1.54) is 21.1 Å². The summed E-state index contributed by atoms with van der Waals surface area (Å²) < 4.78 is 15.8. The topological polar surface area (TPSA) is 111 Å². The number of methoxy groups -OCH3 is 2. The van der Waals surface area contributed by atoms with Crippen LogP contribution in [0.15, 0.2) is 42.5 Å². The maximum atomic E-state index is 13.1. The van der Waals surface area contributed by atoms with Gasteiger partial charge >= 0.3 is 5.97 Å². The van der Waals surface area contributed by atoms with E-state index < -0.39 is 35.8 Å². The number of nitrogens with zero attached hydrogens (tertiary/aromatic N) is 1. The Kier molecular flexibility index (Phi) is 7.55. The summed E-state index contributed by atoms with van der Waals surface area (Å²) in [5, 5.41) is 2.65. The molecule has 1 aliphatic heterocycles. The van der Waals surface area contributed by atoms with Gasteiger partial charge in [-0.15, -0.1) is 0 Å². The zero-order valence-electron chi connectivity index (χ0n) is 19.8. The van der Waals surface area contributed by atoms with Crippen LogP contribution >= 0.6 is 0 Å². The molecule has 0 saturated carbocycles. The van der Waals surface area contributed by atoms with Crippen molar-refractivity contribution in [2.24, 2.45) is 5.92 Å². The van der Waals surface area contributed by atoms with E-state index in [2.05, 4.69) is 5.32 Å².